The lowest BCUT2D eigenvalue weighted by molar-refractivity contribution is 0.0888. The van der Waals surface area contributed by atoms with Crippen molar-refractivity contribution >= 4 is 41.3 Å². The first-order valence-electron chi connectivity index (χ1n) is 9.54. The summed E-state index contributed by atoms with van der Waals surface area (Å²) in [6, 6.07) is 0. The van der Waals surface area contributed by atoms with Gasteiger partial charge < -0.3 is 20.1 Å². The number of halogens is 1. The highest BCUT2D eigenvalue weighted by atomic mass is 127. The molecule has 2 N–H and O–H groups in total. The lowest BCUT2D eigenvalue weighted by Gasteiger charge is -2.14. The van der Waals surface area contributed by atoms with Crippen molar-refractivity contribution in [1.82, 2.24) is 15.6 Å². The molecule has 156 valence electrons. The third-order valence-corrected chi connectivity index (χ3v) is 5.22. The Labute approximate surface area is 184 Å². The lowest BCUT2D eigenvalue weighted by Crippen LogP contribution is -2.39. The Morgan fingerprint density at radius 2 is 2.15 bits per heavy atom. The fourth-order valence-corrected chi connectivity index (χ4v) is 3.65. The molecule has 0 aromatic carbocycles. The van der Waals surface area contributed by atoms with Crippen LogP contribution in [0.15, 0.2) is 10.4 Å². The van der Waals surface area contributed by atoms with Gasteiger partial charge in [-0.1, -0.05) is 20.8 Å². The summed E-state index contributed by atoms with van der Waals surface area (Å²) in [4.78, 5) is 8.99. The average molecular weight is 510 g/mol. The van der Waals surface area contributed by atoms with Gasteiger partial charge in [0.05, 0.1) is 23.9 Å². The van der Waals surface area contributed by atoms with Crippen molar-refractivity contribution in [3.05, 3.63) is 16.1 Å². The Balaban J connectivity index is 0.00000364. The highest BCUT2D eigenvalue weighted by Crippen LogP contribution is 2.23. The first kappa shape index (κ1) is 24.6. The Morgan fingerprint density at radius 1 is 1.37 bits per heavy atom. The maximum Gasteiger partial charge on any atom is 0.190 e. The van der Waals surface area contributed by atoms with Gasteiger partial charge in [-0.2, -0.15) is 0 Å². The van der Waals surface area contributed by atoms with Crippen LogP contribution in [0.25, 0.3) is 0 Å². The monoisotopic (exact) mass is 510 g/mol. The van der Waals surface area contributed by atoms with Gasteiger partial charge in [0.25, 0.3) is 0 Å². The standard InChI is InChI=1S/C19H34N4O2S.HI/c1-19(2,3)16-14-26-17(23-16)6-9-22-18(20-4)21-8-5-10-24-12-15-7-11-25-13-15;/h14-15H,5-13H2,1-4H3,(H2,20,21,22);1H. The van der Waals surface area contributed by atoms with Crippen LogP contribution in [-0.2, 0) is 21.3 Å². The Bertz CT molecular complexity index is 554. The van der Waals surface area contributed by atoms with E-state index in [1.54, 1.807) is 18.4 Å². The number of hydrogen-bond donors (Lipinski definition) is 2. The normalized spacial score (nSPS) is 17.6. The van der Waals surface area contributed by atoms with E-state index in [4.69, 9.17) is 14.5 Å². The van der Waals surface area contributed by atoms with Gasteiger partial charge in [-0.05, 0) is 12.8 Å². The van der Waals surface area contributed by atoms with Gasteiger partial charge in [0.2, 0.25) is 0 Å². The van der Waals surface area contributed by atoms with Gasteiger partial charge in [0.15, 0.2) is 5.96 Å². The van der Waals surface area contributed by atoms with E-state index in [0.717, 1.165) is 64.7 Å². The number of nitrogens with zero attached hydrogens (tertiary/aromatic N) is 2. The van der Waals surface area contributed by atoms with Crippen LogP contribution < -0.4 is 10.6 Å². The summed E-state index contributed by atoms with van der Waals surface area (Å²) in [6.07, 6.45) is 3.01. The van der Waals surface area contributed by atoms with E-state index in [2.05, 4.69) is 41.8 Å². The molecule has 6 nitrogen and oxygen atoms in total. The van der Waals surface area contributed by atoms with Crippen LogP contribution in [0.5, 0.6) is 0 Å². The van der Waals surface area contributed by atoms with Crippen LogP contribution in [-0.4, -0.2) is 57.5 Å². The molecular weight excluding hydrogens is 475 g/mol. The smallest absolute Gasteiger partial charge is 0.190 e. The quantitative estimate of drug-likeness (QED) is 0.231. The second kappa shape index (κ2) is 12.9. The summed E-state index contributed by atoms with van der Waals surface area (Å²) in [5, 5.41) is 10.0. The van der Waals surface area contributed by atoms with E-state index in [1.165, 1.54) is 10.7 Å². The molecular formula is C19H35IN4O2S. The van der Waals surface area contributed by atoms with Crippen LogP contribution in [0.3, 0.4) is 0 Å². The SMILES string of the molecule is CN=C(NCCCOCC1CCOC1)NCCc1nc(C(C)(C)C)cs1.I. The molecule has 0 saturated carbocycles. The van der Waals surface area contributed by atoms with E-state index < -0.39 is 0 Å². The van der Waals surface area contributed by atoms with Gasteiger partial charge >= 0.3 is 0 Å². The first-order valence-corrected chi connectivity index (χ1v) is 10.4. The van der Waals surface area contributed by atoms with Crippen molar-refractivity contribution in [2.45, 2.75) is 45.4 Å². The summed E-state index contributed by atoms with van der Waals surface area (Å²) in [7, 11) is 1.80. The first-order chi connectivity index (χ1) is 12.5. The minimum Gasteiger partial charge on any atom is -0.381 e. The Morgan fingerprint density at radius 3 is 2.78 bits per heavy atom. The fourth-order valence-electron chi connectivity index (χ4n) is 2.62. The van der Waals surface area contributed by atoms with Gasteiger partial charge in [-0.15, -0.1) is 35.3 Å². The summed E-state index contributed by atoms with van der Waals surface area (Å²) >= 11 is 1.74. The molecule has 2 heterocycles. The van der Waals surface area contributed by atoms with E-state index >= 15 is 0 Å². The largest absolute Gasteiger partial charge is 0.381 e. The van der Waals surface area contributed by atoms with Crippen LogP contribution in [0, 0.1) is 5.92 Å². The summed E-state index contributed by atoms with van der Waals surface area (Å²) < 4.78 is 11.1. The predicted octanol–water partition coefficient (Wildman–Crippen LogP) is 3.21. The molecule has 1 aromatic heterocycles. The fraction of sp³-hybridized carbons (Fsp3) is 0.789. The third kappa shape index (κ3) is 9.54. The molecule has 0 bridgehead atoms. The van der Waals surface area contributed by atoms with Crippen LogP contribution in [0.4, 0.5) is 0 Å². The van der Waals surface area contributed by atoms with Crippen molar-refractivity contribution < 1.29 is 9.47 Å². The molecule has 1 atom stereocenters. The van der Waals surface area contributed by atoms with Gasteiger partial charge in [-0.3, -0.25) is 4.99 Å². The minimum absolute atomic E-state index is 0. The van der Waals surface area contributed by atoms with Crippen LogP contribution in [0.2, 0.25) is 0 Å². The van der Waals surface area contributed by atoms with Gasteiger partial charge in [0.1, 0.15) is 0 Å². The van der Waals surface area contributed by atoms with Gasteiger partial charge in [-0.25, -0.2) is 4.98 Å². The Kier molecular flexibility index (Phi) is 11.7. The topological polar surface area (TPSA) is 67.8 Å². The lowest BCUT2D eigenvalue weighted by atomic mass is 9.93. The molecule has 0 radical (unpaired) electrons. The molecule has 1 saturated heterocycles. The van der Waals surface area contributed by atoms with Crippen LogP contribution in [0.1, 0.15) is 44.3 Å². The van der Waals surface area contributed by atoms with Crippen molar-refractivity contribution in [1.29, 1.82) is 0 Å². The molecule has 1 aromatic rings. The number of aliphatic imine (C=N–C) groups is 1. The molecule has 0 amide bonds. The summed E-state index contributed by atoms with van der Waals surface area (Å²) in [5.41, 5.74) is 1.29. The predicted molar refractivity (Wildman–Crippen MR) is 124 cm³/mol. The van der Waals surface area contributed by atoms with Crippen molar-refractivity contribution in [2.75, 3.05) is 46.6 Å². The molecule has 1 aliphatic heterocycles. The Hall–Kier alpha value is -0.450. The second-order valence-electron chi connectivity index (χ2n) is 7.71. The number of hydrogen-bond acceptors (Lipinski definition) is 5. The summed E-state index contributed by atoms with van der Waals surface area (Å²) in [5.74, 6) is 1.42. The van der Waals surface area contributed by atoms with Crippen molar-refractivity contribution in [3.63, 3.8) is 0 Å². The third-order valence-electron chi connectivity index (χ3n) is 4.31. The highest BCUT2D eigenvalue weighted by Gasteiger charge is 2.17. The number of nitrogens with one attached hydrogen (secondary N) is 2. The zero-order chi connectivity index (χ0) is 18.8. The molecule has 27 heavy (non-hydrogen) atoms. The molecule has 1 aliphatic rings. The highest BCUT2D eigenvalue weighted by molar-refractivity contribution is 14.0. The van der Waals surface area contributed by atoms with Crippen molar-refractivity contribution in [3.8, 4) is 0 Å². The van der Waals surface area contributed by atoms with E-state index in [1.807, 2.05) is 0 Å². The minimum atomic E-state index is 0. The van der Waals surface area contributed by atoms with Gasteiger partial charge in [0, 0.05) is 56.5 Å². The zero-order valence-electron chi connectivity index (χ0n) is 17.0. The van der Waals surface area contributed by atoms with E-state index in [-0.39, 0.29) is 29.4 Å². The maximum atomic E-state index is 5.71. The molecule has 0 aliphatic carbocycles. The van der Waals surface area contributed by atoms with E-state index in [0.29, 0.717) is 5.92 Å². The molecule has 2 rings (SSSR count). The number of rotatable bonds is 9. The molecule has 1 fully saturated rings. The molecule has 1 unspecified atom stereocenters. The van der Waals surface area contributed by atoms with E-state index in [9.17, 15) is 0 Å². The maximum absolute atomic E-state index is 5.71. The van der Waals surface area contributed by atoms with Crippen molar-refractivity contribution in [2.24, 2.45) is 10.9 Å². The molecule has 0 spiro atoms. The molecule has 8 heteroatoms. The average Bonchev–Trinajstić information content (AvgIpc) is 3.27. The number of ether oxygens (including phenoxy) is 2. The zero-order valence-corrected chi connectivity index (χ0v) is 20.2. The summed E-state index contributed by atoms with van der Waals surface area (Å²) in [6.45, 7) is 11.6. The second-order valence-corrected chi connectivity index (χ2v) is 8.65. The number of guanidine groups is 1. The van der Waals surface area contributed by atoms with Crippen LogP contribution >= 0.6 is 35.3 Å². The number of thiazole rings is 1. The number of aromatic nitrogens is 1.